The fourth-order valence-electron chi connectivity index (χ4n) is 2.69. The first kappa shape index (κ1) is 18.3. The lowest BCUT2D eigenvalue weighted by Gasteiger charge is -2.20. The molecule has 2 aromatic rings. The number of hydrogen-bond donors (Lipinski definition) is 0. The van der Waals surface area contributed by atoms with E-state index in [-0.39, 0.29) is 23.7 Å². The fourth-order valence-corrected chi connectivity index (χ4v) is 3.31. The van der Waals surface area contributed by atoms with Gasteiger partial charge < -0.3 is 9.64 Å². The van der Waals surface area contributed by atoms with Gasteiger partial charge in [-0.15, -0.1) is 0 Å². The van der Waals surface area contributed by atoms with Gasteiger partial charge in [-0.2, -0.15) is 0 Å². The molecular formula is C18H20N4O3S. The van der Waals surface area contributed by atoms with Crippen LogP contribution in [0.25, 0.3) is 11.4 Å². The maximum absolute atomic E-state index is 12.0. The number of carbonyl (C=O) groups is 2. The number of hydrogen-bond acceptors (Lipinski definition) is 7. The van der Waals surface area contributed by atoms with E-state index in [1.165, 1.54) is 11.8 Å². The summed E-state index contributed by atoms with van der Waals surface area (Å²) in [5.74, 6) is -0.104. The molecule has 3 heterocycles. The average Bonchev–Trinajstić information content (AvgIpc) is 3.05. The third-order valence-electron chi connectivity index (χ3n) is 3.86. The summed E-state index contributed by atoms with van der Waals surface area (Å²) in [5.41, 5.74) is 1.46. The molecule has 0 aromatic carbocycles. The van der Waals surface area contributed by atoms with Gasteiger partial charge >= 0.3 is 5.97 Å². The first-order valence-electron chi connectivity index (χ1n) is 8.46. The van der Waals surface area contributed by atoms with Crippen molar-refractivity contribution < 1.29 is 14.3 Å². The Balaban J connectivity index is 1.49. The third kappa shape index (κ3) is 5.01. The first-order valence-corrected chi connectivity index (χ1v) is 9.45. The van der Waals surface area contributed by atoms with Gasteiger partial charge in [-0.25, -0.2) is 9.97 Å². The van der Waals surface area contributed by atoms with Gasteiger partial charge in [0, 0.05) is 25.4 Å². The quantitative estimate of drug-likeness (QED) is 0.418. The zero-order valence-electron chi connectivity index (χ0n) is 14.5. The van der Waals surface area contributed by atoms with E-state index in [0.29, 0.717) is 23.8 Å². The SMILES string of the molecule is CC(CN1CCCC1=O)OC(=O)CSc1nccc(-c2ccccn2)n1. The molecule has 1 saturated heterocycles. The Labute approximate surface area is 156 Å². The Morgan fingerprint density at radius 3 is 2.88 bits per heavy atom. The molecule has 0 aliphatic carbocycles. The van der Waals surface area contributed by atoms with E-state index in [9.17, 15) is 9.59 Å². The highest BCUT2D eigenvalue weighted by atomic mass is 32.2. The maximum Gasteiger partial charge on any atom is 0.316 e. The number of likely N-dealkylation sites (tertiary alicyclic amines) is 1. The number of thioether (sulfide) groups is 1. The smallest absolute Gasteiger partial charge is 0.316 e. The molecule has 1 fully saturated rings. The largest absolute Gasteiger partial charge is 0.460 e. The number of aromatic nitrogens is 3. The Bertz CT molecular complexity index is 772. The fraction of sp³-hybridized carbons (Fsp3) is 0.389. The minimum atomic E-state index is -0.346. The standard InChI is InChI=1S/C18H20N4O3S/c1-13(11-22-10-4-6-16(22)23)25-17(24)12-26-18-20-9-7-15(21-18)14-5-2-3-8-19-14/h2-3,5,7-9,13H,4,6,10-12H2,1H3. The van der Waals surface area contributed by atoms with E-state index in [4.69, 9.17) is 4.74 Å². The number of amides is 1. The molecular weight excluding hydrogens is 352 g/mol. The molecule has 0 spiro atoms. The van der Waals surface area contributed by atoms with Gasteiger partial charge in [-0.1, -0.05) is 17.8 Å². The monoisotopic (exact) mass is 372 g/mol. The molecule has 7 nitrogen and oxygen atoms in total. The normalized spacial score (nSPS) is 15.1. The van der Waals surface area contributed by atoms with Crippen LogP contribution in [-0.4, -0.2) is 56.7 Å². The number of carbonyl (C=O) groups excluding carboxylic acids is 2. The summed E-state index contributed by atoms with van der Waals surface area (Å²) in [6, 6.07) is 7.38. The van der Waals surface area contributed by atoms with E-state index in [1.54, 1.807) is 30.3 Å². The number of pyridine rings is 1. The van der Waals surface area contributed by atoms with Gasteiger partial charge in [0.1, 0.15) is 6.10 Å². The van der Waals surface area contributed by atoms with Crippen molar-refractivity contribution in [1.82, 2.24) is 19.9 Å². The topological polar surface area (TPSA) is 85.3 Å². The highest BCUT2D eigenvalue weighted by molar-refractivity contribution is 7.99. The molecule has 8 heteroatoms. The molecule has 1 aliphatic rings. The van der Waals surface area contributed by atoms with Gasteiger partial charge in [-0.05, 0) is 31.5 Å². The Kier molecular flexibility index (Phi) is 6.17. The van der Waals surface area contributed by atoms with Crippen LogP contribution in [0.15, 0.2) is 41.8 Å². The van der Waals surface area contributed by atoms with Crippen LogP contribution in [0.4, 0.5) is 0 Å². The zero-order valence-corrected chi connectivity index (χ0v) is 15.3. The van der Waals surface area contributed by atoms with Crippen LogP contribution in [0.2, 0.25) is 0 Å². The van der Waals surface area contributed by atoms with Crippen molar-refractivity contribution in [3.8, 4) is 11.4 Å². The van der Waals surface area contributed by atoms with Gasteiger partial charge in [0.05, 0.1) is 23.7 Å². The average molecular weight is 372 g/mol. The van der Waals surface area contributed by atoms with Crippen LogP contribution in [0.1, 0.15) is 19.8 Å². The van der Waals surface area contributed by atoms with Gasteiger partial charge in [0.15, 0.2) is 5.16 Å². The van der Waals surface area contributed by atoms with Crippen LogP contribution < -0.4 is 0 Å². The van der Waals surface area contributed by atoms with Crippen molar-refractivity contribution in [1.29, 1.82) is 0 Å². The highest BCUT2D eigenvalue weighted by Crippen LogP contribution is 2.18. The predicted octanol–water partition coefficient (Wildman–Crippen LogP) is 2.18. The number of ether oxygens (including phenoxy) is 1. The van der Waals surface area contributed by atoms with Crippen molar-refractivity contribution in [2.24, 2.45) is 0 Å². The van der Waals surface area contributed by atoms with Crippen LogP contribution in [0.5, 0.6) is 0 Å². The molecule has 1 amide bonds. The van der Waals surface area contributed by atoms with Crippen LogP contribution in [0.3, 0.4) is 0 Å². The lowest BCUT2D eigenvalue weighted by Crippen LogP contribution is -2.34. The molecule has 0 radical (unpaired) electrons. The molecule has 136 valence electrons. The van der Waals surface area contributed by atoms with E-state index in [0.717, 1.165) is 18.7 Å². The van der Waals surface area contributed by atoms with Gasteiger partial charge in [0.2, 0.25) is 5.91 Å². The lowest BCUT2D eigenvalue weighted by molar-refractivity contribution is -0.147. The van der Waals surface area contributed by atoms with Gasteiger partial charge in [0.25, 0.3) is 0 Å². The Hall–Kier alpha value is -2.48. The van der Waals surface area contributed by atoms with Crippen LogP contribution in [0, 0.1) is 0 Å². The number of rotatable bonds is 7. The van der Waals surface area contributed by atoms with Crippen molar-refractivity contribution in [2.75, 3.05) is 18.8 Å². The molecule has 1 unspecified atom stereocenters. The minimum Gasteiger partial charge on any atom is -0.460 e. The number of nitrogens with zero attached hydrogens (tertiary/aromatic N) is 4. The Morgan fingerprint density at radius 2 is 2.15 bits per heavy atom. The summed E-state index contributed by atoms with van der Waals surface area (Å²) in [4.78, 5) is 38.2. The second-order valence-corrected chi connectivity index (χ2v) is 6.91. The predicted molar refractivity (Wildman–Crippen MR) is 97.4 cm³/mol. The van der Waals surface area contributed by atoms with Crippen LogP contribution in [-0.2, 0) is 14.3 Å². The van der Waals surface area contributed by atoms with E-state index < -0.39 is 0 Å². The van der Waals surface area contributed by atoms with Crippen molar-refractivity contribution in [2.45, 2.75) is 31.0 Å². The summed E-state index contributed by atoms with van der Waals surface area (Å²) in [7, 11) is 0. The molecule has 3 rings (SSSR count). The summed E-state index contributed by atoms with van der Waals surface area (Å²) in [5, 5.41) is 0.493. The molecule has 1 aliphatic heterocycles. The maximum atomic E-state index is 12.0. The molecule has 26 heavy (non-hydrogen) atoms. The molecule has 1 atom stereocenters. The molecule has 0 saturated carbocycles. The third-order valence-corrected chi connectivity index (χ3v) is 4.70. The van der Waals surface area contributed by atoms with E-state index >= 15 is 0 Å². The van der Waals surface area contributed by atoms with E-state index in [1.807, 2.05) is 18.2 Å². The lowest BCUT2D eigenvalue weighted by atomic mass is 10.3. The highest BCUT2D eigenvalue weighted by Gasteiger charge is 2.23. The zero-order chi connectivity index (χ0) is 18.4. The van der Waals surface area contributed by atoms with Crippen molar-refractivity contribution >= 4 is 23.6 Å². The summed E-state index contributed by atoms with van der Waals surface area (Å²) in [6.45, 7) is 2.98. The summed E-state index contributed by atoms with van der Waals surface area (Å²) < 4.78 is 5.38. The van der Waals surface area contributed by atoms with Crippen molar-refractivity contribution in [3.63, 3.8) is 0 Å². The summed E-state index contributed by atoms with van der Waals surface area (Å²) in [6.07, 6.45) is 4.48. The molecule has 0 bridgehead atoms. The van der Waals surface area contributed by atoms with Crippen molar-refractivity contribution in [3.05, 3.63) is 36.7 Å². The molecule has 0 N–H and O–H groups in total. The molecule has 2 aromatic heterocycles. The minimum absolute atomic E-state index is 0.115. The Morgan fingerprint density at radius 1 is 1.27 bits per heavy atom. The number of esters is 1. The van der Waals surface area contributed by atoms with Crippen LogP contribution >= 0.6 is 11.8 Å². The second-order valence-electron chi connectivity index (χ2n) is 5.97. The second kappa shape index (κ2) is 8.75. The summed E-state index contributed by atoms with van der Waals surface area (Å²) >= 11 is 1.22. The first-order chi connectivity index (χ1) is 12.6. The van der Waals surface area contributed by atoms with Gasteiger partial charge in [-0.3, -0.25) is 14.6 Å². The van der Waals surface area contributed by atoms with E-state index in [2.05, 4.69) is 15.0 Å².